The van der Waals surface area contributed by atoms with E-state index in [0.29, 0.717) is 6.61 Å². The number of amides is 1. The first-order valence-electron chi connectivity index (χ1n) is 7.44. The molecule has 2 heterocycles. The third-order valence-electron chi connectivity index (χ3n) is 4.59. The minimum atomic E-state index is -0.662. The zero-order valence-corrected chi connectivity index (χ0v) is 12.4. The van der Waals surface area contributed by atoms with Crippen LogP contribution >= 0.6 is 0 Å². The van der Waals surface area contributed by atoms with Gasteiger partial charge in [-0.05, 0) is 36.6 Å². The molecule has 0 bridgehead atoms. The molecular formula is C16H22N2O3. The van der Waals surface area contributed by atoms with Crippen LogP contribution in [0.2, 0.25) is 0 Å². The third kappa shape index (κ3) is 2.51. The Morgan fingerprint density at radius 3 is 3.14 bits per heavy atom. The van der Waals surface area contributed by atoms with E-state index in [1.807, 2.05) is 6.07 Å². The largest absolute Gasteiger partial charge is 0.493 e. The number of rotatable bonds is 5. The average Bonchev–Trinajstić information content (AvgIpc) is 3.07. The van der Waals surface area contributed by atoms with Crippen LogP contribution < -0.4 is 10.5 Å². The summed E-state index contributed by atoms with van der Waals surface area (Å²) in [5.41, 5.74) is 7.46. The topological polar surface area (TPSA) is 64.8 Å². The molecule has 1 aromatic rings. The zero-order valence-electron chi connectivity index (χ0n) is 12.4. The fourth-order valence-corrected chi connectivity index (χ4v) is 3.48. The van der Waals surface area contributed by atoms with Crippen molar-refractivity contribution in [3.63, 3.8) is 0 Å². The van der Waals surface area contributed by atoms with Crippen molar-refractivity contribution < 1.29 is 14.3 Å². The van der Waals surface area contributed by atoms with Crippen LogP contribution in [0.15, 0.2) is 18.2 Å². The number of benzene rings is 1. The Hall–Kier alpha value is -1.59. The summed E-state index contributed by atoms with van der Waals surface area (Å²) in [6.45, 7) is 2.72. The van der Waals surface area contributed by atoms with Gasteiger partial charge in [-0.25, -0.2) is 0 Å². The molecule has 1 aromatic carbocycles. The van der Waals surface area contributed by atoms with Gasteiger partial charge >= 0.3 is 0 Å². The Kier molecular flexibility index (Phi) is 3.87. The van der Waals surface area contributed by atoms with E-state index < -0.39 is 5.54 Å². The van der Waals surface area contributed by atoms with Crippen molar-refractivity contribution in [2.75, 3.05) is 26.9 Å². The number of primary amides is 1. The number of carbonyl (C=O) groups is 1. The molecule has 21 heavy (non-hydrogen) atoms. The fourth-order valence-electron chi connectivity index (χ4n) is 3.48. The molecule has 3 rings (SSSR count). The lowest BCUT2D eigenvalue weighted by Crippen LogP contribution is -2.56. The standard InChI is InChI=1S/C16H22N2O3/c1-20-11-16(15(17)19)6-2-7-18(16)10-12-3-4-14-13(9-12)5-8-21-14/h3-4,9H,2,5-8,10-11H2,1H3,(H2,17,19). The van der Waals surface area contributed by atoms with Crippen molar-refractivity contribution in [1.82, 2.24) is 4.90 Å². The van der Waals surface area contributed by atoms with E-state index in [1.165, 1.54) is 11.1 Å². The van der Waals surface area contributed by atoms with Crippen molar-refractivity contribution >= 4 is 5.91 Å². The zero-order chi connectivity index (χ0) is 14.9. The molecule has 0 aromatic heterocycles. The van der Waals surface area contributed by atoms with E-state index in [1.54, 1.807) is 7.11 Å². The second kappa shape index (κ2) is 5.66. The summed E-state index contributed by atoms with van der Waals surface area (Å²) in [7, 11) is 1.62. The van der Waals surface area contributed by atoms with E-state index in [-0.39, 0.29) is 5.91 Å². The van der Waals surface area contributed by atoms with Crippen LogP contribution in [-0.4, -0.2) is 43.2 Å². The van der Waals surface area contributed by atoms with Crippen LogP contribution in [0.4, 0.5) is 0 Å². The number of methoxy groups -OCH3 is 1. The van der Waals surface area contributed by atoms with Gasteiger partial charge in [-0.1, -0.05) is 12.1 Å². The number of carbonyl (C=O) groups excluding carboxylic acids is 1. The highest BCUT2D eigenvalue weighted by molar-refractivity contribution is 5.85. The normalized spacial score (nSPS) is 24.8. The lowest BCUT2D eigenvalue weighted by molar-refractivity contribution is -0.132. The van der Waals surface area contributed by atoms with E-state index in [4.69, 9.17) is 15.2 Å². The molecule has 5 nitrogen and oxygen atoms in total. The van der Waals surface area contributed by atoms with Crippen LogP contribution in [0.25, 0.3) is 0 Å². The van der Waals surface area contributed by atoms with Gasteiger partial charge in [-0.2, -0.15) is 0 Å². The van der Waals surface area contributed by atoms with Gasteiger partial charge < -0.3 is 15.2 Å². The molecule has 1 unspecified atom stereocenters. The molecule has 0 spiro atoms. The van der Waals surface area contributed by atoms with Gasteiger partial charge in [-0.15, -0.1) is 0 Å². The van der Waals surface area contributed by atoms with E-state index in [0.717, 1.165) is 44.7 Å². The first kappa shape index (κ1) is 14.4. The number of hydrogen-bond acceptors (Lipinski definition) is 4. The minimum Gasteiger partial charge on any atom is -0.493 e. The Morgan fingerprint density at radius 2 is 2.38 bits per heavy atom. The SMILES string of the molecule is COCC1(C(N)=O)CCCN1Cc1ccc2c(c1)CCO2. The fraction of sp³-hybridized carbons (Fsp3) is 0.562. The molecule has 0 radical (unpaired) electrons. The van der Waals surface area contributed by atoms with Gasteiger partial charge in [0.25, 0.3) is 0 Å². The van der Waals surface area contributed by atoms with Crippen LogP contribution in [0.3, 0.4) is 0 Å². The van der Waals surface area contributed by atoms with Gasteiger partial charge in [0, 0.05) is 20.1 Å². The molecule has 2 aliphatic heterocycles. The molecule has 2 N–H and O–H groups in total. The lowest BCUT2D eigenvalue weighted by atomic mass is 9.95. The first-order chi connectivity index (χ1) is 10.2. The summed E-state index contributed by atoms with van der Waals surface area (Å²) in [6, 6.07) is 6.27. The molecule has 2 aliphatic rings. The van der Waals surface area contributed by atoms with Crippen LogP contribution in [0.5, 0.6) is 5.75 Å². The molecule has 5 heteroatoms. The summed E-state index contributed by atoms with van der Waals surface area (Å²) >= 11 is 0. The van der Waals surface area contributed by atoms with E-state index in [9.17, 15) is 4.79 Å². The van der Waals surface area contributed by atoms with Crippen molar-refractivity contribution in [2.24, 2.45) is 5.73 Å². The molecule has 1 atom stereocenters. The van der Waals surface area contributed by atoms with Crippen molar-refractivity contribution in [1.29, 1.82) is 0 Å². The summed E-state index contributed by atoms with van der Waals surface area (Å²) in [5.74, 6) is 0.699. The lowest BCUT2D eigenvalue weighted by Gasteiger charge is -2.35. The van der Waals surface area contributed by atoms with Gasteiger partial charge in [-0.3, -0.25) is 9.69 Å². The summed E-state index contributed by atoms with van der Waals surface area (Å²) in [5, 5.41) is 0. The van der Waals surface area contributed by atoms with Gasteiger partial charge in [0.15, 0.2) is 0 Å². The quantitative estimate of drug-likeness (QED) is 0.881. The predicted octanol–water partition coefficient (Wildman–Crippen LogP) is 1.09. The summed E-state index contributed by atoms with van der Waals surface area (Å²) in [4.78, 5) is 14.1. The molecule has 1 saturated heterocycles. The van der Waals surface area contributed by atoms with Crippen LogP contribution in [-0.2, 0) is 22.5 Å². The Bertz CT molecular complexity index is 546. The van der Waals surface area contributed by atoms with Crippen LogP contribution in [0.1, 0.15) is 24.0 Å². The highest BCUT2D eigenvalue weighted by Gasteiger charge is 2.46. The smallest absolute Gasteiger partial charge is 0.240 e. The van der Waals surface area contributed by atoms with E-state index >= 15 is 0 Å². The first-order valence-corrected chi connectivity index (χ1v) is 7.44. The Morgan fingerprint density at radius 1 is 1.52 bits per heavy atom. The maximum absolute atomic E-state index is 12.0. The maximum Gasteiger partial charge on any atom is 0.240 e. The predicted molar refractivity (Wildman–Crippen MR) is 79.1 cm³/mol. The number of likely N-dealkylation sites (tertiary alicyclic amines) is 1. The third-order valence-corrected chi connectivity index (χ3v) is 4.59. The van der Waals surface area contributed by atoms with Crippen LogP contribution in [0, 0.1) is 0 Å². The Balaban J connectivity index is 1.81. The number of nitrogens with two attached hydrogens (primary N) is 1. The number of nitrogens with zero attached hydrogens (tertiary/aromatic N) is 1. The maximum atomic E-state index is 12.0. The summed E-state index contributed by atoms with van der Waals surface area (Å²) in [6.07, 6.45) is 2.70. The van der Waals surface area contributed by atoms with Gasteiger partial charge in [0.2, 0.25) is 5.91 Å². The molecule has 114 valence electrons. The number of ether oxygens (including phenoxy) is 2. The monoisotopic (exact) mass is 290 g/mol. The Labute approximate surface area is 125 Å². The molecule has 0 saturated carbocycles. The molecule has 1 amide bonds. The summed E-state index contributed by atoms with van der Waals surface area (Å²) < 4.78 is 10.8. The second-order valence-corrected chi connectivity index (χ2v) is 5.89. The van der Waals surface area contributed by atoms with Gasteiger partial charge in [0.05, 0.1) is 13.2 Å². The number of fused-ring (bicyclic) bond motifs is 1. The number of hydrogen-bond donors (Lipinski definition) is 1. The molecule has 0 aliphatic carbocycles. The average molecular weight is 290 g/mol. The molecular weight excluding hydrogens is 268 g/mol. The van der Waals surface area contributed by atoms with Crippen molar-refractivity contribution in [3.05, 3.63) is 29.3 Å². The minimum absolute atomic E-state index is 0.286. The molecule has 1 fully saturated rings. The highest BCUT2D eigenvalue weighted by Crippen LogP contribution is 2.32. The van der Waals surface area contributed by atoms with E-state index in [2.05, 4.69) is 17.0 Å². The highest BCUT2D eigenvalue weighted by atomic mass is 16.5. The van der Waals surface area contributed by atoms with Crippen molar-refractivity contribution in [2.45, 2.75) is 31.3 Å². The van der Waals surface area contributed by atoms with Crippen molar-refractivity contribution in [3.8, 4) is 5.75 Å². The van der Waals surface area contributed by atoms with Gasteiger partial charge in [0.1, 0.15) is 11.3 Å². The second-order valence-electron chi connectivity index (χ2n) is 5.89.